The van der Waals surface area contributed by atoms with Crippen LogP contribution in [0.2, 0.25) is 0 Å². The van der Waals surface area contributed by atoms with Gasteiger partial charge in [-0.1, -0.05) is 6.07 Å². The number of anilines is 1. The summed E-state index contributed by atoms with van der Waals surface area (Å²) in [6.07, 6.45) is -1.89. The van der Waals surface area contributed by atoms with Gasteiger partial charge in [-0.25, -0.2) is 0 Å². The Balaban J connectivity index is 2.57. The number of alkyl halides is 3. The van der Waals surface area contributed by atoms with E-state index < -0.39 is 11.7 Å². The average Bonchev–Trinajstić information content (AvgIpc) is 2.29. The van der Waals surface area contributed by atoms with Crippen molar-refractivity contribution in [3.8, 4) is 0 Å². The second kappa shape index (κ2) is 6.64. The molecule has 0 heterocycles. The van der Waals surface area contributed by atoms with E-state index in [1.54, 1.807) is 6.07 Å². The second-order valence-corrected chi connectivity index (χ2v) is 4.24. The molecular formula is C13H18F3NO. The topological polar surface area (TPSA) is 32.3 Å². The van der Waals surface area contributed by atoms with Gasteiger partial charge in [0.1, 0.15) is 0 Å². The molecule has 0 unspecified atom stereocenters. The molecule has 0 aromatic heterocycles. The minimum atomic E-state index is -4.31. The van der Waals surface area contributed by atoms with E-state index >= 15 is 0 Å². The first kappa shape index (κ1) is 14.8. The number of unbranched alkanes of at least 4 members (excludes halogenated alkanes) is 2. The number of aliphatic hydroxyl groups is 1. The third-order valence-corrected chi connectivity index (χ3v) is 2.71. The molecule has 5 heteroatoms. The summed E-state index contributed by atoms with van der Waals surface area (Å²) < 4.78 is 38.0. The zero-order valence-electron chi connectivity index (χ0n) is 10.3. The quantitative estimate of drug-likeness (QED) is 0.767. The third-order valence-electron chi connectivity index (χ3n) is 2.71. The molecule has 2 nitrogen and oxygen atoms in total. The van der Waals surface area contributed by atoms with Crippen LogP contribution in [-0.2, 0) is 6.18 Å². The first-order valence-electron chi connectivity index (χ1n) is 5.97. The fraction of sp³-hybridized carbons (Fsp3) is 0.538. The van der Waals surface area contributed by atoms with Gasteiger partial charge in [-0.3, -0.25) is 0 Å². The predicted octanol–water partition coefficient (Wildman–Crippen LogP) is 3.59. The van der Waals surface area contributed by atoms with Crippen molar-refractivity contribution in [2.45, 2.75) is 32.4 Å². The lowest BCUT2D eigenvalue weighted by Gasteiger charge is -2.13. The van der Waals surface area contributed by atoms with Gasteiger partial charge in [0.05, 0.1) is 5.56 Å². The summed E-state index contributed by atoms with van der Waals surface area (Å²) >= 11 is 0. The van der Waals surface area contributed by atoms with Crippen LogP contribution in [0, 0.1) is 6.92 Å². The first-order chi connectivity index (χ1) is 8.45. The lowest BCUT2D eigenvalue weighted by atomic mass is 10.1. The summed E-state index contributed by atoms with van der Waals surface area (Å²) in [5, 5.41) is 11.6. The molecule has 0 aliphatic heterocycles. The SMILES string of the molecule is Cc1ccc(NCCCCCO)cc1C(F)(F)F. The van der Waals surface area contributed by atoms with Crippen LogP contribution >= 0.6 is 0 Å². The van der Waals surface area contributed by atoms with Crippen molar-refractivity contribution in [1.29, 1.82) is 0 Å². The average molecular weight is 261 g/mol. The molecule has 0 aliphatic rings. The summed E-state index contributed by atoms with van der Waals surface area (Å²) in [4.78, 5) is 0. The van der Waals surface area contributed by atoms with Crippen molar-refractivity contribution in [2.75, 3.05) is 18.5 Å². The highest BCUT2D eigenvalue weighted by Gasteiger charge is 2.32. The normalized spacial score (nSPS) is 11.6. The molecule has 0 atom stereocenters. The highest BCUT2D eigenvalue weighted by atomic mass is 19.4. The van der Waals surface area contributed by atoms with Crippen molar-refractivity contribution in [3.05, 3.63) is 29.3 Å². The molecule has 0 saturated heterocycles. The molecule has 0 saturated carbocycles. The first-order valence-corrected chi connectivity index (χ1v) is 5.97. The number of halogens is 3. The summed E-state index contributed by atoms with van der Waals surface area (Å²) in [6, 6.07) is 4.26. The van der Waals surface area contributed by atoms with E-state index in [2.05, 4.69) is 5.32 Å². The van der Waals surface area contributed by atoms with E-state index in [9.17, 15) is 13.2 Å². The molecule has 2 N–H and O–H groups in total. The summed E-state index contributed by atoms with van der Waals surface area (Å²) in [5.74, 6) is 0. The molecule has 0 spiro atoms. The Morgan fingerprint density at radius 3 is 2.50 bits per heavy atom. The maximum Gasteiger partial charge on any atom is 0.416 e. The van der Waals surface area contributed by atoms with Crippen LogP contribution in [0.4, 0.5) is 18.9 Å². The van der Waals surface area contributed by atoms with Gasteiger partial charge in [0.2, 0.25) is 0 Å². The Hall–Kier alpha value is -1.23. The van der Waals surface area contributed by atoms with E-state index in [0.29, 0.717) is 12.2 Å². The van der Waals surface area contributed by atoms with Gasteiger partial charge in [-0.2, -0.15) is 13.2 Å². The van der Waals surface area contributed by atoms with E-state index in [-0.39, 0.29) is 12.2 Å². The maximum absolute atomic E-state index is 12.7. The Kier molecular flexibility index (Phi) is 5.47. The van der Waals surface area contributed by atoms with Gasteiger partial charge in [0, 0.05) is 18.8 Å². The molecule has 0 aliphatic carbocycles. The number of aliphatic hydroxyl groups excluding tert-OH is 1. The molecule has 0 amide bonds. The van der Waals surface area contributed by atoms with Crippen molar-refractivity contribution >= 4 is 5.69 Å². The number of aryl methyl sites for hydroxylation is 1. The van der Waals surface area contributed by atoms with Crippen molar-refractivity contribution < 1.29 is 18.3 Å². The molecular weight excluding hydrogens is 243 g/mol. The Bertz CT molecular complexity index is 377. The Morgan fingerprint density at radius 1 is 1.17 bits per heavy atom. The number of benzene rings is 1. The monoisotopic (exact) mass is 261 g/mol. The minimum Gasteiger partial charge on any atom is -0.396 e. The highest BCUT2D eigenvalue weighted by molar-refractivity contribution is 5.49. The van der Waals surface area contributed by atoms with Crippen molar-refractivity contribution in [2.24, 2.45) is 0 Å². The number of hydrogen-bond donors (Lipinski definition) is 2. The van der Waals surface area contributed by atoms with Gasteiger partial charge < -0.3 is 10.4 Å². The lowest BCUT2D eigenvalue weighted by Crippen LogP contribution is -2.09. The molecule has 18 heavy (non-hydrogen) atoms. The van der Waals surface area contributed by atoms with Crippen LogP contribution in [0.25, 0.3) is 0 Å². The predicted molar refractivity (Wildman–Crippen MR) is 65.6 cm³/mol. The molecule has 1 aromatic carbocycles. The van der Waals surface area contributed by atoms with Crippen LogP contribution in [0.3, 0.4) is 0 Å². The fourth-order valence-corrected chi connectivity index (χ4v) is 1.68. The fourth-order valence-electron chi connectivity index (χ4n) is 1.68. The van der Waals surface area contributed by atoms with Gasteiger partial charge in [0.25, 0.3) is 0 Å². The van der Waals surface area contributed by atoms with Gasteiger partial charge in [0.15, 0.2) is 0 Å². The van der Waals surface area contributed by atoms with E-state index in [1.165, 1.54) is 13.0 Å². The Morgan fingerprint density at radius 2 is 1.89 bits per heavy atom. The summed E-state index contributed by atoms with van der Waals surface area (Å²) in [6.45, 7) is 2.22. The zero-order chi connectivity index (χ0) is 13.6. The molecule has 1 aromatic rings. The van der Waals surface area contributed by atoms with Crippen LogP contribution in [-0.4, -0.2) is 18.3 Å². The van der Waals surface area contributed by atoms with Gasteiger partial charge in [-0.05, 0) is 43.9 Å². The molecule has 0 fully saturated rings. The minimum absolute atomic E-state index is 0.156. The number of nitrogens with one attached hydrogen (secondary N) is 1. The highest BCUT2D eigenvalue weighted by Crippen LogP contribution is 2.33. The van der Waals surface area contributed by atoms with Crippen LogP contribution in [0.1, 0.15) is 30.4 Å². The largest absolute Gasteiger partial charge is 0.416 e. The van der Waals surface area contributed by atoms with E-state index in [1.807, 2.05) is 0 Å². The molecule has 1 rings (SSSR count). The van der Waals surface area contributed by atoms with Gasteiger partial charge >= 0.3 is 6.18 Å². The molecule has 0 radical (unpaired) electrons. The van der Waals surface area contributed by atoms with Gasteiger partial charge in [-0.15, -0.1) is 0 Å². The summed E-state index contributed by atoms with van der Waals surface area (Å²) in [7, 11) is 0. The number of rotatable bonds is 6. The summed E-state index contributed by atoms with van der Waals surface area (Å²) in [5.41, 5.74) is 0.119. The lowest BCUT2D eigenvalue weighted by molar-refractivity contribution is -0.138. The molecule has 102 valence electrons. The van der Waals surface area contributed by atoms with E-state index in [0.717, 1.165) is 25.3 Å². The van der Waals surface area contributed by atoms with Crippen molar-refractivity contribution in [1.82, 2.24) is 0 Å². The Labute approximate surface area is 105 Å². The number of hydrogen-bond acceptors (Lipinski definition) is 2. The third kappa shape index (κ3) is 4.56. The van der Waals surface area contributed by atoms with Crippen molar-refractivity contribution in [3.63, 3.8) is 0 Å². The van der Waals surface area contributed by atoms with E-state index in [4.69, 9.17) is 5.11 Å². The van der Waals surface area contributed by atoms with Crippen LogP contribution < -0.4 is 5.32 Å². The smallest absolute Gasteiger partial charge is 0.396 e. The van der Waals surface area contributed by atoms with Crippen LogP contribution in [0.15, 0.2) is 18.2 Å². The maximum atomic E-state index is 12.7. The molecule has 0 bridgehead atoms. The standard InChI is InChI=1S/C13H18F3NO/c1-10-5-6-11(9-12(10)13(14,15)16)17-7-3-2-4-8-18/h5-6,9,17-18H,2-4,7-8H2,1H3. The van der Waals surface area contributed by atoms with Crippen LogP contribution in [0.5, 0.6) is 0 Å². The zero-order valence-corrected chi connectivity index (χ0v) is 10.3. The second-order valence-electron chi connectivity index (χ2n) is 4.24.